The highest BCUT2D eigenvalue weighted by Gasteiger charge is 2.32. The van der Waals surface area contributed by atoms with Crippen LogP contribution in [0.1, 0.15) is 99.3 Å². The van der Waals surface area contributed by atoms with Crippen LogP contribution in [-0.2, 0) is 4.74 Å². The van der Waals surface area contributed by atoms with E-state index in [0.29, 0.717) is 48.7 Å². The molecule has 0 spiro atoms. The molecule has 1 atom stereocenters. The van der Waals surface area contributed by atoms with Crippen LogP contribution in [0.3, 0.4) is 0 Å². The standard InChI is InChI=1S/C29H34F4O2/c1-2-17-3-7-19(8-4-17)22-13-14-24(29(33)27(22)31)34-15-18-5-9-20(10-6-18)21-11-12-23(25-16-35-25)28(32)26(21)30/h11-14,17-20,25H,2-10,15-16H2,1H3. The van der Waals surface area contributed by atoms with Crippen molar-refractivity contribution in [1.29, 1.82) is 0 Å². The number of benzene rings is 2. The highest BCUT2D eigenvalue weighted by molar-refractivity contribution is 5.34. The summed E-state index contributed by atoms with van der Waals surface area (Å²) in [6.07, 6.45) is 7.72. The van der Waals surface area contributed by atoms with Crippen LogP contribution in [-0.4, -0.2) is 13.2 Å². The maximum Gasteiger partial charge on any atom is 0.200 e. The van der Waals surface area contributed by atoms with Crippen LogP contribution in [0, 0.1) is 35.1 Å². The van der Waals surface area contributed by atoms with Crippen LogP contribution in [0.15, 0.2) is 24.3 Å². The van der Waals surface area contributed by atoms with Crippen molar-refractivity contribution in [2.45, 2.75) is 82.7 Å². The van der Waals surface area contributed by atoms with Crippen molar-refractivity contribution < 1.29 is 27.0 Å². The Bertz CT molecular complexity index is 1040. The first-order chi connectivity index (χ1) is 17.0. The maximum atomic E-state index is 14.9. The zero-order valence-corrected chi connectivity index (χ0v) is 20.3. The number of hydrogen-bond acceptors (Lipinski definition) is 2. The number of rotatable bonds is 7. The molecule has 0 N–H and O–H groups in total. The lowest BCUT2D eigenvalue weighted by molar-refractivity contribution is 0.191. The Hall–Kier alpha value is -2.08. The second kappa shape index (κ2) is 10.5. The van der Waals surface area contributed by atoms with Gasteiger partial charge < -0.3 is 9.47 Å². The van der Waals surface area contributed by atoms with E-state index < -0.39 is 23.3 Å². The first-order valence-corrected chi connectivity index (χ1v) is 13.2. The van der Waals surface area contributed by atoms with Crippen LogP contribution in [0.25, 0.3) is 0 Å². The summed E-state index contributed by atoms with van der Waals surface area (Å²) in [5, 5.41) is 0. The van der Waals surface area contributed by atoms with E-state index in [2.05, 4.69) is 6.92 Å². The maximum absolute atomic E-state index is 14.9. The summed E-state index contributed by atoms with van der Waals surface area (Å²) in [6, 6.07) is 6.58. The molecule has 35 heavy (non-hydrogen) atoms. The van der Waals surface area contributed by atoms with Crippen molar-refractivity contribution in [2.75, 3.05) is 13.2 Å². The molecule has 2 saturated carbocycles. The van der Waals surface area contributed by atoms with Crippen molar-refractivity contribution in [3.8, 4) is 5.75 Å². The van der Waals surface area contributed by atoms with Gasteiger partial charge in [0.1, 0.15) is 6.10 Å². The molecule has 1 heterocycles. The Balaban J connectivity index is 1.15. The van der Waals surface area contributed by atoms with Gasteiger partial charge in [-0.25, -0.2) is 13.2 Å². The summed E-state index contributed by atoms with van der Waals surface area (Å²) in [6.45, 7) is 2.91. The molecule has 2 aromatic rings. The monoisotopic (exact) mass is 490 g/mol. The first-order valence-electron chi connectivity index (χ1n) is 13.2. The van der Waals surface area contributed by atoms with Gasteiger partial charge in [0.05, 0.1) is 13.2 Å². The van der Waals surface area contributed by atoms with Gasteiger partial charge >= 0.3 is 0 Å². The summed E-state index contributed by atoms with van der Waals surface area (Å²) in [7, 11) is 0. The third-order valence-corrected chi connectivity index (χ3v) is 8.52. The predicted octanol–water partition coefficient (Wildman–Crippen LogP) is 8.35. The fraction of sp³-hybridized carbons (Fsp3) is 0.586. The highest BCUT2D eigenvalue weighted by atomic mass is 19.2. The lowest BCUT2D eigenvalue weighted by Gasteiger charge is -2.29. The average molecular weight is 491 g/mol. The molecule has 0 radical (unpaired) electrons. The molecule has 1 unspecified atom stereocenters. The molecular formula is C29H34F4O2. The van der Waals surface area contributed by atoms with Gasteiger partial charge in [0.25, 0.3) is 0 Å². The summed E-state index contributed by atoms with van der Waals surface area (Å²) in [5.74, 6) is -2.38. The summed E-state index contributed by atoms with van der Waals surface area (Å²) < 4.78 is 69.5. The van der Waals surface area contributed by atoms with E-state index in [9.17, 15) is 17.6 Å². The zero-order chi connectivity index (χ0) is 24.5. The van der Waals surface area contributed by atoms with E-state index >= 15 is 0 Å². The smallest absolute Gasteiger partial charge is 0.200 e. The zero-order valence-electron chi connectivity index (χ0n) is 20.3. The van der Waals surface area contributed by atoms with Crippen LogP contribution in [0.4, 0.5) is 17.6 Å². The second-order valence-corrected chi connectivity index (χ2v) is 10.6. The molecule has 2 aliphatic carbocycles. The number of halogens is 4. The minimum atomic E-state index is -0.897. The quantitative estimate of drug-likeness (QED) is 0.287. The predicted molar refractivity (Wildman–Crippen MR) is 127 cm³/mol. The van der Waals surface area contributed by atoms with Crippen molar-refractivity contribution in [2.24, 2.45) is 11.8 Å². The largest absolute Gasteiger partial charge is 0.490 e. The van der Waals surface area contributed by atoms with Crippen molar-refractivity contribution in [3.63, 3.8) is 0 Å². The van der Waals surface area contributed by atoms with Gasteiger partial charge in [0.2, 0.25) is 5.82 Å². The molecule has 190 valence electrons. The van der Waals surface area contributed by atoms with Gasteiger partial charge in [-0.15, -0.1) is 0 Å². The molecule has 0 aromatic heterocycles. The SMILES string of the molecule is CCC1CCC(c2ccc(OCC3CCC(c4ccc(C5CO5)c(F)c4F)CC3)c(F)c2F)CC1. The molecule has 2 aromatic carbocycles. The van der Waals surface area contributed by atoms with Gasteiger partial charge in [-0.05, 0) is 92.2 Å². The van der Waals surface area contributed by atoms with Crippen LogP contribution in [0.5, 0.6) is 5.75 Å². The van der Waals surface area contributed by atoms with E-state index in [1.165, 1.54) is 0 Å². The number of epoxide rings is 1. The fourth-order valence-corrected chi connectivity index (χ4v) is 6.07. The summed E-state index contributed by atoms with van der Waals surface area (Å²) in [4.78, 5) is 0. The Labute approximate surface area is 205 Å². The molecule has 0 bridgehead atoms. The Morgan fingerprint density at radius 2 is 1.17 bits per heavy atom. The van der Waals surface area contributed by atoms with E-state index in [1.54, 1.807) is 24.3 Å². The molecule has 5 rings (SSSR count). The van der Waals surface area contributed by atoms with Gasteiger partial charge in [-0.3, -0.25) is 0 Å². The first kappa shape index (κ1) is 24.6. The highest BCUT2D eigenvalue weighted by Crippen LogP contribution is 2.42. The molecule has 1 aliphatic heterocycles. The lowest BCUT2D eigenvalue weighted by Crippen LogP contribution is -2.20. The number of ether oxygens (including phenoxy) is 2. The van der Waals surface area contributed by atoms with Crippen LogP contribution >= 0.6 is 0 Å². The topological polar surface area (TPSA) is 21.8 Å². The second-order valence-electron chi connectivity index (χ2n) is 10.6. The summed E-state index contributed by atoms with van der Waals surface area (Å²) in [5.41, 5.74) is 1.18. The van der Waals surface area contributed by atoms with Crippen molar-refractivity contribution in [1.82, 2.24) is 0 Å². The Morgan fingerprint density at radius 3 is 1.74 bits per heavy atom. The molecular weight excluding hydrogens is 456 g/mol. The van der Waals surface area contributed by atoms with Crippen molar-refractivity contribution >= 4 is 0 Å². The van der Waals surface area contributed by atoms with Gasteiger partial charge in [-0.1, -0.05) is 31.5 Å². The Kier molecular flexibility index (Phi) is 7.38. The molecule has 1 saturated heterocycles. The van der Waals surface area contributed by atoms with Crippen LogP contribution < -0.4 is 4.74 Å². The van der Waals surface area contributed by atoms with E-state index in [1.807, 2.05) is 0 Å². The molecule has 2 nitrogen and oxygen atoms in total. The summed E-state index contributed by atoms with van der Waals surface area (Å²) >= 11 is 0. The molecule has 3 aliphatic rings. The lowest BCUT2D eigenvalue weighted by atomic mass is 9.77. The average Bonchev–Trinajstić information content (AvgIpc) is 3.72. The molecule has 3 fully saturated rings. The normalized spacial score (nSPS) is 28.7. The van der Waals surface area contributed by atoms with E-state index in [0.717, 1.165) is 44.9 Å². The van der Waals surface area contributed by atoms with Gasteiger partial charge in [0.15, 0.2) is 23.2 Å². The minimum absolute atomic E-state index is 0.0402. The third-order valence-electron chi connectivity index (χ3n) is 8.52. The Morgan fingerprint density at radius 1 is 0.686 bits per heavy atom. The fourth-order valence-electron chi connectivity index (χ4n) is 6.07. The number of hydrogen-bond donors (Lipinski definition) is 0. The van der Waals surface area contributed by atoms with Gasteiger partial charge in [0, 0.05) is 5.56 Å². The van der Waals surface area contributed by atoms with E-state index in [4.69, 9.17) is 9.47 Å². The van der Waals surface area contributed by atoms with Crippen LogP contribution in [0.2, 0.25) is 0 Å². The van der Waals surface area contributed by atoms with E-state index in [-0.39, 0.29) is 29.6 Å². The van der Waals surface area contributed by atoms with Gasteiger partial charge in [-0.2, -0.15) is 4.39 Å². The minimum Gasteiger partial charge on any atom is -0.490 e. The molecule has 6 heteroatoms. The van der Waals surface area contributed by atoms with Crippen molar-refractivity contribution in [3.05, 3.63) is 64.2 Å². The molecule has 0 amide bonds. The third kappa shape index (κ3) is 5.23.